The van der Waals surface area contributed by atoms with Crippen molar-refractivity contribution in [3.05, 3.63) is 28.2 Å². The standard InChI is InChI=1S/C13H18BrNO2S/c1-3-8-15(11-5-6-11)18(16,17)13-7-4-10(2)9-12(13)14/h4,7,9,11H,3,5-6,8H2,1-2H3. The van der Waals surface area contributed by atoms with Crippen molar-refractivity contribution >= 4 is 26.0 Å². The van der Waals surface area contributed by atoms with Crippen LogP contribution in [-0.4, -0.2) is 25.3 Å². The third kappa shape index (κ3) is 2.78. The van der Waals surface area contributed by atoms with Gasteiger partial charge in [-0.15, -0.1) is 0 Å². The number of sulfonamides is 1. The Kier molecular flexibility index (Phi) is 4.14. The minimum absolute atomic E-state index is 0.211. The summed E-state index contributed by atoms with van der Waals surface area (Å²) in [5.74, 6) is 0. The number of hydrogen-bond acceptors (Lipinski definition) is 2. The van der Waals surface area contributed by atoms with E-state index in [9.17, 15) is 8.42 Å². The van der Waals surface area contributed by atoms with E-state index in [2.05, 4.69) is 15.9 Å². The van der Waals surface area contributed by atoms with Gasteiger partial charge < -0.3 is 0 Å². The molecule has 1 aromatic carbocycles. The molecule has 0 heterocycles. The zero-order chi connectivity index (χ0) is 13.3. The maximum absolute atomic E-state index is 12.6. The van der Waals surface area contributed by atoms with Crippen molar-refractivity contribution in [2.24, 2.45) is 0 Å². The van der Waals surface area contributed by atoms with Crippen LogP contribution in [0.4, 0.5) is 0 Å². The van der Waals surface area contributed by atoms with Crippen molar-refractivity contribution in [1.29, 1.82) is 0 Å². The first kappa shape index (κ1) is 14.0. The number of benzene rings is 1. The molecule has 0 saturated heterocycles. The van der Waals surface area contributed by atoms with E-state index in [1.807, 2.05) is 26.0 Å². The average molecular weight is 332 g/mol. The van der Waals surface area contributed by atoms with E-state index >= 15 is 0 Å². The minimum Gasteiger partial charge on any atom is -0.207 e. The molecular weight excluding hydrogens is 314 g/mol. The Hall–Kier alpha value is -0.390. The molecule has 3 nitrogen and oxygen atoms in total. The summed E-state index contributed by atoms with van der Waals surface area (Å²) < 4.78 is 27.6. The monoisotopic (exact) mass is 331 g/mol. The van der Waals surface area contributed by atoms with Gasteiger partial charge in [0.2, 0.25) is 10.0 Å². The first-order chi connectivity index (χ1) is 8.46. The molecule has 1 fully saturated rings. The average Bonchev–Trinajstić information content (AvgIpc) is 3.08. The van der Waals surface area contributed by atoms with Crippen LogP contribution in [0.15, 0.2) is 27.6 Å². The molecule has 0 radical (unpaired) electrons. The molecular formula is C13H18BrNO2S. The molecule has 0 atom stereocenters. The van der Waals surface area contributed by atoms with Gasteiger partial charge in [-0.05, 0) is 59.8 Å². The third-order valence-corrected chi connectivity index (χ3v) is 6.00. The van der Waals surface area contributed by atoms with Crippen LogP contribution in [0.3, 0.4) is 0 Å². The van der Waals surface area contributed by atoms with Gasteiger partial charge in [0.05, 0.1) is 4.90 Å². The van der Waals surface area contributed by atoms with Crippen molar-refractivity contribution in [2.45, 2.75) is 44.0 Å². The van der Waals surface area contributed by atoms with E-state index in [0.29, 0.717) is 15.9 Å². The Morgan fingerprint density at radius 3 is 2.56 bits per heavy atom. The third-order valence-electron chi connectivity index (χ3n) is 3.07. The molecule has 1 aromatic rings. The summed E-state index contributed by atoms with van der Waals surface area (Å²) in [6.07, 6.45) is 2.82. The molecule has 1 aliphatic carbocycles. The Balaban J connectivity index is 2.39. The predicted molar refractivity (Wildman–Crippen MR) is 76.1 cm³/mol. The molecule has 2 rings (SSSR count). The lowest BCUT2D eigenvalue weighted by Gasteiger charge is -2.22. The van der Waals surface area contributed by atoms with Gasteiger partial charge in [0.15, 0.2) is 0 Å². The van der Waals surface area contributed by atoms with Crippen LogP contribution in [-0.2, 0) is 10.0 Å². The van der Waals surface area contributed by atoms with Gasteiger partial charge in [-0.1, -0.05) is 13.0 Å². The van der Waals surface area contributed by atoms with Crippen LogP contribution in [0.2, 0.25) is 0 Å². The van der Waals surface area contributed by atoms with Crippen LogP contribution >= 0.6 is 15.9 Å². The second-order valence-electron chi connectivity index (χ2n) is 4.78. The van der Waals surface area contributed by atoms with E-state index in [-0.39, 0.29) is 6.04 Å². The van der Waals surface area contributed by atoms with Crippen LogP contribution in [0.1, 0.15) is 31.7 Å². The first-order valence-corrected chi connectivity index (χ1v) is 8.48. The van der Waals surface area contributed by atoms with E-state index in [4.69, 9.17) is 0 Å². The normalized spacial score (nSPS) is 16.2. The summed E-state index contributed by atoms with van der Waals surface area (Å²) in [5.41, 5.74) is 1.05. The Morgan fingerprint density at radius 1 is 1.39 bits per heavy atom. The lowest BCUT2D eigenvalue weighted by atomic mass is 10.2. The molecule has 0 bridgehead atoms. The molecule has 0 spiro atoms. The van der Waals surface area contributed by atoms with Crippen LogP contribution < -0.4 is 0 Å². The summed E-state index contributed by atoms with van der Waals surface area (Å²) in [7, 11) is -3.36. The van der Waals surface area contributed by atoms with Gasteiger partial charge in [-0.2, -0.15) is 4.31 Å². The van der Waals surface area contributed by atoms with Crippen molar-refractivity contribution < 1.29 is 8.42 Å². The summed E-state index contributed by atoms with van der Waals surface area (Å²) in [4.78, 5) is 0.383. The highest BCUT2D eigenvalue weighted by Gasteiger charge is 2.38. The lowest BCUT2D eigenvalue weighted by molar-refractivity contribution is 0.403. The Morgan fingerprint density at radius 2 is 2.06 bits per heavy atom. The molecule has 0 unspecified atom stereocenters. The van der Waals surface area contributed by atoms with Gasteiger partial charge >= 0.3 is 0 Å². The van der Waals surface area contributed by atoms with Crippen LogP contribution in [0, 0.1) is 6.92 Å². The Labute approximate surface area is 117 Å². The summed E-state index contributed by atoms with van der Waals surface area (Å²) in [6.45, 7) is 4.56. The zero-order valence-electron chi connectivity index (χ0n) is 10.7. The maximum Gasteiger partial charge on any atom is 0.244 e. The summed E-state index contributed by atoms with van der Waals surface area (Å²) in [5, 5.41) is 0. The topological polar surface area (TPSA) is 37.4 Å². The van der Waals surface area contributed by atoms with E-state index < -0.39 is 10.0 Å². The number of aryl methyl sites for hydroxylation is 1. The molecule has 100 valence electrons. The molecule has 0 aromatic heterocycles. The first-order valence-electron chi connectivity index (χ1n) is 6.25. The molecule has 0 aliphatic heterocycles. The molecule has 0 amide bonds. The van der Waals surface area contributed by atoms with E-state index in [1.54, 1.807) is 10.4 Å². The predicted octanol–water partition coefficient (Wildman–Crippen LogP) is 3.32. The van der Waals surface area contributed by atoms with Gasteiger partial charge in [0, 0.05) is 17.1 Å². The fourth-order valence-corrected chi connectivity index (χ4v) is 4.95. The molecule has 0 N–H and O–H groups in total. The number of halogens is 1. The van der Waals surface area contributed by atoms with Gasteiger partial charge in [-0.25, -0.2) is 8.42 Å². The van der Waals surface area contributed by atoms with E-state index in [1.165, 1.54) is 0 Å². The number of rotatable bonds is 5. The highest BCUT2D eigenvalue weighted by Crippen LogP contribution is 2.34. The van der Waals surface area contributed by atoms with Crippen molar-refractivity contribution in [2.75, 3.05) is 6.54 Å². The van der Waals surface area contributed by atoms with Gasteiger partial charge in [0.1, 0.15) is 0 Å². The fraction of sp³-hybridized carbons (Fsp3) is 0.538. The largest absolute Gasteiger partial charge is 0.244 e. The highest BCUT2D eigenvalue weighted by molar-refractivity contribution is 9.10. The van der Waals surface area contributed by atoms with Crippen molar-refractivity contribution in [3.8, 4) is 0 Å². The molecule has 18 heavy (non-hydrogen) atoms. The van der Waals surface area contributed by atoms with Gasteiger partial charge in [-0.3, -0.25) is 0 Å². The van der Waals surface area contributed by atoms with Crippen molar-refractivity contribution in [1.82, 2.24) is 4.31 Å². The smallest absolute Gasteiger partial charge is 0.207 e. The van der Waals surface area contributed by atoms with Crippen LogP contribution in [0.25, 0.3) is 0 Å². The molecule has 1 aliphatic rings. The lowest BCUT2D eigenvalue weighted by Crippen LogP contribution is -2.34. The zero-order valence-corrected chi connectivity index (χ0v) is 13.1. The summed E-state index contributed by atoms with van der Waals surface area (Å²) in [6, 6.07) is 5.60. The number of nitrogens with zero attached hydrogens (tertiary/aromatic N) is 1. The highest BCUT2D eigenvalue weighted by atomic mass is 79.9. The quantitative estimate of drug-likeness (QED) is 0.829. The van der Waals surface area contributed by atoms with Gasteiger partial charge in [0.25, 0.3) is 0 Å². The number of hydrogen-bond donors (Lipinski definition) is 0. The van der Waals surface area contributed by atoms with Crippen molar-refractivity contribution in [3.63, 3.8) is 0 Å². The SMILES string of the molecule is CCCN(C1CC1)S(=O)(=O)c1ccc(C)cc1Br. The second-order valence-corrected chi connectivity index (χ2v) is 7.49. The Bertz CT molecular complexity index is 538. The van der Waals surface area contributed by atoms with E-state index in [0.717, 1.165) is 24.8 Å². The molecule has 5 heteroatoms. The second kappa shape index (κ2) is 5.31. The summed E-state index contributed by atoms with van der Waals surface area (Å²) >= 11 is 3.37. The van der Waals surface area contributed by atoms with Crippen LogP contribution in [0.5, 0.6) is 0 Å². The fourth-order valence-electron chi connectivity index (χ4n) is 2.02. The maximum atomic E-state index is 12.6. The molecule has 1 saturated carbocycles. The minimum atomic E-state index is -3.36.